The molecule has 0 radical (unpaired) electrons. The van der Waals surface area contributed by atoms with Gasteiger partial charge in [0.1, 0.15) is 5.75 Å². The quantitative estimate of drug-likeness (QED) is 0.905. The second-order valence-corrected chi connectivity index (χ2v) is 5.73. The van der Waals surface area contributed by atoms with Crippen LogP contribution in [-0.2, 0) is 9.53 Å². The van der Waals surface area contributed by atoms with Gasteiger partial charge in [0.15, 0.2) is 6.61 Å². The molecule has 0 bridgehead atoms. The molecule has 1 N–H and O–H groups in total. The number of likely N-dealkylation sites (N-methyl/N-ethyl adjacent to an activating group) is 1. The second kappa shape index (κ2) is 8.41. The Morgan fingerprint density at radius 3 is 2.43 bits per heavy atom. The van der Waals surface area contributed by atoms with Crippen molar-refractivity contribution in [1.82, 2.24) is 4.90 Å². The van der Waals surface area contributed by atoms with E-state index in [2.05, 4.69) is 10.1 Å². The number of hydrogen-bond acceptors (Lipinski definition) is 4. The molecule has 23 heavy (non-hydrogen) atoms. The highest BCUT2D eigenvalue weighted by Crippen LogP contribution is 2.22. The molecule has 1 aliphatic carbocycles. The monoisotopic (exact) mass is 320 g/mol. The lowest BCUT2D eigenvalue weighted by atomic mass is 9.94. The van der Waals surface area contributed by atoms with Gasteiger partial charge < -0.3 is 14.4 Å². The number of rotatable bonds is 5. The van der Waals surface area contributed by atoms with Gasteiger partial charge in [0.05, 0.1) is 7.11 Å². The molecule has 1 fully saturated rings. The highest BCUT2D eigenvalue weighted by molar-refractivity contribution is 5.84. The van der Waals surface area contributed by atoms with E-state index in [-0.39, 0.29) is 12.5 Å². The molecule has 0 spiro atoms. The average Bonchev–Trinajstić information content (AvgIpc) is 2.60. The van der Waals surface area contributed by atoms with Gasteiger partial charge in [-0.1, -0.05) is 19.3 Å². The van der Waals surface area contributed by atoms with Crippen LogP contribution in [0, 0.1) is 0 Å². The molecule has 2 rings (SSSR count). The number of carbonyl (C=O) groups excluding carboxylic acids is 2. The molecule has 6 heteroatoms. The summed E-state index contributed by atoms with van der Waals surface area (Å²) in [7, 11) is 3.16. The fourth-order valence-corrected chi connectivity index (χ4v) is 2.72. The van der Waals surface area contributed by atoms with Gasteiger partial charge in [-0.2, -0.15) is 0 Å². The molecular weight excluding hydrogens is 296 g/mol. The zero-order valence-corrected chi connectivity index (χ0v) is 13.7. The molecule has 1 aromatic carbocycles. The summed E-state index contributed by atoms with van der Waals surface area (Å²) in [5, 5.41) is 2.55. The summed E-state index contributed by atoms with van der Waals surface area (Å²) in [5.74, 6) is 0.583. The molecule has 0 saturated heterocycles. The Balaban J connectivity index is 1.80. The highest BCUT2D eigenvalue weighted by atomic mass is 16.5. The Bertz CT molecular complexity index is 524. The van der Waals surface area contributed by atoms with Gasteiger partial charge in [-0.05, 0) is 37.1 Å². The average molecular weight is 320 g/mol. The van der Waals surface area contributed by atoms with Gasteiger partial charge in [0, 0.05) is 18.8 Å². The van der Waals surface area contributed by atoms with E-state index in [0.717, 1.165) is 12.8 Å². The third-order valence-electron chi connectivity index (χ3n) is 4.16. The van der Waals surface area contributed by atoms with Crippen LogP contribution >= 0.6 is 0 Å². The number of methoxy groups -OCH3 is 1. The third-order valence-corrected chi connectivity index (χ3v) is 4.16. The van der Waals surface area contributed by atoms with E-state index in [9.17, 15) is 9.59 Å². The molecule has 0 heterocycles. The van der Waals surface area contributed by atoms with Crippen LogP contribution in [0.4, 0.5) is 10.5 Å². The summed E-state index contributed by atoms with van der Waals surface area (Å²) in [6, 6.07) is 7.15. The largest absolute Gasteiger partial charge is 0.484 e. The van der Waals surface area contributed by atoms with Crippen LogP contribution in [0.15, 0.2) is 24.3 Å². The Labute approximate surface area is 136 Å². The first-order valence-electron chi connectivity index (χ1n) is 7.93. The summed E-state index contributed by atoms with van der Waals surface area (Å²) in [6.45, 7) is 0.0246. The number of nitrogens with zero attached hydrogens (tertiary/aromatic N) is 1. The van der Waals surface area contributed by atoms with Crippen LogP contribution in [0.1, 0.15) is 32.1 Å². The van der Waals surface area contributed by atoms with Crippen molar-refractivity contribution in [2.45, 2.75) is 38.1 Å². The minimum Gasteiger partial charge on any atom is -0.484 e. The van der Waals surface area contributed by atoms with Crippen molar-refractivity contribution in [2.75, 3.05) is 26.1 Å². The number of nitrogens with one attached hydrogen (secondary N) is 1. The van der Waals surface area contributed by atoms with E-state index < -0.39 is 6.09 Å². The van der Waals surface area contributed by atoms with Crippen molar-refractivity contribution >= 4 is 17.7 Å². The van der Waals surface area contributed by atoms with Crippen molar-refractivity contribution in [3.63, 3.8) is 0 Å². The summed E-state index contributed by atoms with van der Waals surface area (Å²) in [6.07, 6.45) is 5.28. The predicted octanol–water partition coefficient (Wildman–Crippen LogP) is 3.03. The van der Waals surface area contributed by atoms with Crippen molar-refractivity contribution in [3.8, 4) is 5.75 Å². The summed E-state index contributed by atoms with van der Waals surface area (Å²) >= 11 is 0. The lowest BCUT2D eigenvalue weighted by molar-refractivity contribution is -0.134. The number of hydrogen-bond donors (Lipinski definition) is 1. The number of anilines is 1. The maximum Gasteiger partial charge on any atom is 0.411 e. The number of ether oxygens (including phenoxy) is 2. The van der Waals surface area contributed by atoms with E-state index in [4.69, 9.17) is 4.74 Å². The zero-order chi connectivity index (χ0) is 16.7. The van der Waals surface area contributed by atoms with Gasteiger partial charge in [0.2, 0.25) is 0 Å². The number of carbonyl (C=O) groups is 2. The topological polar surface area (TPSA) is 67.9 Å². The minimum atomic E-state index is -0.525. The SMILES string of the molecule is COC(=O)Nc1ccc(OCC(=O)N(C)C2CCCCC2)cc1. The van der Waals surface area contributed by atoms with Crippen LogP contribution in [0.5, 0.6) is 5.75 Å². The molecule has 0 aliphatic heterocycles. The predicted molar refractivity (Wildman–Crippen MR) is 87.6 cm³/mol. The first-order valence-corrected chi connectivity index (χ1v) is 7.93. The summed E-state index contributed by atoms with van der Waals surface area (Å²) in [5.41, 5.74) is 0.606. The maximum absolute atomic E-state index is 12.2. The molecule has 1 aliphatic rings. The number of benzene rings is 1. The number of amides is 2. The standard InChI is InChI=1S/C17H24N2O4/c1-19(14-6-4-3-5-7-14)16(20)12-23-15-10-8-13(9-11-15)18-17(21)22-2/h8-11,14H,3-7,12H2,1-2H3,(H,18,21). The van der Waals surface area contributed by atoms with Crippen LogP contribution in [0.25, 0.3) is 0 Å². The van der Waals surface area contributed by atoms with Gasteiger partial charge in [0.25, 0.3) is 5.91 Å². The molecule has 1 saturated carbocycles. The lowest BCUT2D eigenvalue weighted by Gasteiger charge is -2.31. The van der Waals surface area contributed by atoms with Crippen molar-refractivity contribution in [3.05, 3.63) is 24.3 Å². The van der Waals surface area contributed by atoms with Gasteiger partial charge in [-0.25, -0.2) is 4.79 Å². The van der Waals surface area contributed by atoms with Crippen LogP contribution in [0.2, 0.25) is 0 Å². The maximum atomic E-state index is 12.2. The van der Waals surface area contributed by atoms with E-state index in [1.807, 2.05) is 11.9 Å². The van der Waals surface area contributed by atoms with Crippen molar-refractivity contribution in [1.29, 1.82) is 0 Å². The van der Waals surface area contributed by atoms with Crippen LogP contribution in [-0.4, -0.2) is 43.7 Å². The molecule has 126 valence electrons. The molecule has 2 amide bonds. The molecule has 0 atom stereocenters. The highest BCUT2D eigenvalue weighted by Gasteiger charge is 2.22. The van der Waals surface area contributed by atoms with Crippen LogP contribution < -0.4 is 10.1 Å². The third kappa shape index (κ3) is 5.16. The smallest absolute Gasteiger partial charge is 0.411 e. The molecular formula is C17H24N2O4. The van der Waals surface area contributed by atoms with Gasteiger partial charge >= 0.3 is 6.09 Å². The fourth-order valence-electron chi connectivity index (χ4n) is 2.72. The molecule has 1 aromatic rings. The first kappa shape index (κ1) is 17.1. The van der Waals surface area contributed by atoms with Gasteiger partial charge in [-0.3, -0.25) is 10.1 Å². The Kier molecular flexibility index (Phi) is 6.26. The van der Waals surface area contributed by atoms with Gasteiger partial charge in [-0.15, -0.1) is 0 Å². The summed E-state index contributed by atoms with van der Waals surface area (Å²) in [4.78, 5) is 25.1. The Morgan fingerprint density at radius 2 is 1.83 bits per heavy atom. The molecule has 0 unspecified atom stereocenters. The zero-order valence-electron chi connectivity index (χ0n) is 13.7. The Morgan fingerprint density at radius 1 is 1.17 bits per heavy atom. The minimum absolute atomic E-state index is 0.00587. The van der Waals surface area contributed by atoms with E-state index >= 15 is 0 Å². The van der Waals surface area contributed by atoms with E-state index in [1.165, 1.54) is 26.4 Å². The van der Waals surface area contributed by atoms with Crippen molar-refractivity contribution in [2.24, 2.45) is 0 Å². The van der Waals surface area contributed by atoms with Crippen molar-refractivity contribution < 1.29 is 19.1 Å². The normalized spacial score (nSPS) is 14.9. The van der Waals surface area contributed by atoms with Crippen LogP contribution in [0.3, 0.4) is 0 Å². The van der Waals surface area contributed by atoms with E-state index in [1.54, 1.807) is 24.3 Å². The summed E-state index contributed by atoms with van der Waals surface area (Å²) < 4.78 is 10.0. The second-order valence-electron chi connectivity index (χ2n) is 5.73. The lowest BCUT2D eigenvalue weighted by Crippen LogP contribution is -2.40. The fraction of sp³-hybridized carbons (Fsp3) is 0.529. The molecule has 0 aromatic heterocycles. The van der Waals surface area contributed by atoms with E-state index in [0.29, 0.717) is 17.5 Å². The molecule has 6 nitrogen and oxygen atoms in total. The Hall–Kier alpha value is -2.24. The first-order chi connectivity index (χ1) is 11.1.